The van der Waals surface area contributed by atoms with Crippen molar-refractivity contribution in [2.24, 2.45) is 5.41 Å². The molecule has 0 amide bonds. The van der Waals surface area contributed by atoms with E-state index in [1.165, 1.54) is 31.2 Å². The molecule has 3 nitrogen and oxygen atoms in total. The van der Waals surface area contributed by atoms with Gasteiger partial charge in [0, 0.05) is 13.1 Å². The lowest BCUT2D eigenvalue weighted by Gasteiger charge is -2.24. The lowest BCUT2D eigenvalue weighted by Crippen LogP contribution is -2.29. The molecule has 0 heterocycles. The molecule has 0 bridgehead atoms. The molecule has 1 aliphatic carbocycles. The van der Waals surface area contributed by atoms with E-state index in [1.54, 1.807) is 7.11 Å². The smallest absolute Gasteiger partial charge is 0.161 e. The normalized spacial score (nSPS) is 17.2. The van der Waals surface area contributed by atoms with Gasteiger partial charge in [-0.05, 0) is 49.8 Å². The predicted octanol–water partition coefficient (Wildman–Crippen LogP) is 4.15. The maximum Gasteiger partial charge on any atom is 0.161 e. The summed E-state index contributed by atoms with van der Waals surface area (Å²) in [5.41, 5.74) is 1.73. The van der Waals surface area contributed by atoms with Gasteiger partial charge in [0.2, 0.25) is 0 Å². The molecule has 0 aliphatic heterocycles. The minimum absolute atomic E-state index is 0.158. The van der Waals surface area contributed by atoms with Crippen LogP contribution in [0, 0.1) is 5.41 Å². The van der Waals surface area contributed by atoms with Crippen LogP contribution in [0.25, 0.3) is 0 Å². The Labute approximate surface area is 129 Å². The lowest BCUT2D eigenvalue weighted by molar-refractivity contribution is 0.230. The second-order valence-electron chi connectivity index (χ2n) is 6.77. The minimum atomic E-state index is 0.158. The zero-order valence-electron chi connectivity index (χ0n) is 13.9. The van der Waals surface area contributed by atoms with E-state index in [-0.39, 0.29) is 6.10 Å². The van der Waals surface area contributed by atoms with E-state index in [2.05, 4.69) is 24.4 Å². The topological polar surface area (TPSA) is 30.5 Å². The van der Waals surface area contributed by atoms with Gasteiger partial charge in [-0.25, -0.2) is 0 Å². The fraction of sp³-hybridized carbons (Fsp3) is 0.667. The van der Waals surface area contributed by atoms with E-state index in [1.807, 2.05) is 19.9 Å². The number of hydrogen-bond acceptors (Lipinski definition) is 3. The Hall–Kier alpha value is -1.22. The molecule has 21 heavy (non-hydrogen) atoms. The first kappa shape index (κ1) is 16.2. The number of methoxy groups -OCH3 is 1. The average Bonchev–Trinajstić information content (AvgIpc) is 2.86. The Morgan fingerprint density at radius 2 is 1.90 bits per heavy atom. The van der Waals surface area contributed by atoms with Crippen LogP contribution >= 0.6 is 0 Å². The van der Waals surface area contributed by atoms with Crippen molar-refractivity contribution >= 4 is 0 Å². The first-order valence-electron chi connectivity index (χ1n) is 8.07. The number of nitrogens with one attached hydrogen (secondary N) is 1. The molecular weight excluding hydrogens is 262 g/mol. The number of benzene rings is 1. The SMILES string of the molecule is COc1cc(CNCC2(C)CCCC2)ccc1OC(C)C. The lowest BCUT2D eigenvalue weighted by atomic mass is 9.89. The fourth-order valence-electron chi connectivity index (χ4n) is 3.09. The summed E-state index contributed by atoms with van der Waals surface area (Å²) in [6.45, 7) is 8.43. The number of hydrogen-bond donors (Lipinski definition) is 1. The van der Waals surface area contributed by atoms with Crippen LogP contribution in [0.4, 0.5) is 0 Å². The monoisotopic (exact) mass is 291 g/mol. The van der Waals surface area contributed by atoms with Crippen molar-refractivity contribution in [2.45, 2.75) is 59.1 Å². The summed E-state index contributed by atoms with van der Waals surface area (Å²) < 4.78 is 11.2. The predicted molar refractivity (Wildman–Crippen MR) is 87.0 cm³/mol. The molecule has 1 N–H and O–H groups in total. The van der Waals surface area contributed by atoms with Gasteiger partial charge in [0.25, 0.3) is 0 Å². The highest BCUT2D eigenvalue weighted by molar-refractivity contribution is 5.43. The molecule has 0 spiro atoms. The van der Waals surface area contributed by atoms with Crippen LogP contribution in [0.5, 0.6) is 11.5 Å². The van der Waals surface area contributed by atoms with Gasteiger partial charge in [0.05, 0.1) is 13.2 Å². The van der Waals surface area contributed by atoms with Crippen molar-refractivity contribution in [3.05, 3.63) is 23.8 Å². The summed E-state index contributed by atoms with van der Waals surface area (Å²) in [5.74, 6) is 1.63. The van der Waals surface area contributed by atoms with Crippen molar-refractivity contribution in [2.75, 3.05) is 13.7 Å². The van der Waals surface area contributed by atoms with Gasteiger partial charge < -0.3 is 14.8 Å². The second-order valence-corrected chi connectivity index (χ2v) is 6.77. The van der Waals surface area contributed by atoms with Crippen molar-refractivity contribution in [1.82, 2.24) is 5.32 Å². The average molecular weight is 291 g/mol. The zero-order valence-corrected chi connectivity index (χ0v) is 13.9. The zero-order chi connectivity index (χ0) is 15.3. The largest absolute Gasteiger partial charge is 0.493 e. The van der Waals surface area contributed by atoms with Gasteiger partial charge in [-0.2, -0.15) is 0 Å². The molecule has 1 aromatic rings. The summed E-state index contributed by atoms with van der Waals surface area (Å²) in [5, 5.41) is 3.60. The third-order valence-corrected chi connectivity index (χ3v) is 4.28. The number of ether oxygens (including phenoxy) is 2. The van der Waals surface area contributed by atoms with Crippen molar-refractivity contribution < 1.29 is 9.47 Å². The Bertz CT molecular complexity index is 451. The summed E-state index contributed by atoms with van der Waals surface area (Å²) >= 11 is 0. The first-order chi connectivity index (χ1) is 10.0. The van der Waals surface area contributed by atoms with Gasteiger partial charge in [-0.1, -0.05) is 25.8 Å². The maximum atomic E-state index is 5.75. The minimum Gasteiger partial charge on any atom is -0.493 e. The molecule has 0 aromatic heterocycles. The highest BCUT2D eigenvalue weighted by Gasteiger charge is 2.27. The van der Waals surface area contributed by atoms with Gasteiger partial charge in [-0.15, -0.1) is 0 Å². The molecule has 0 saturated heterocycles. The third kappa shape index (κ3) is 4.63. The van der Waals surface area contributed by atoms with Crippen molar-refractivity contribution in [3.63, 3.8) is 0 Å². The molecule has 1 aromatic carbocycles. The van der Waals surface area contributed by atoms with E-state index in [9.17, 15) is 0 Å². The summed E-state index contributed by atoms with van der Waals surface area (Å²) in [7, 11) is 1.69. The van der Waals surface area contributed by atoms with E-state index in [0.717, 1.165) is 24.6 Å². The van der Waals surface area contributed by atoms with Gasteiger partial charge >= 0.3 is 0 Å². The Kier molecular flexibility index (Phi) is 5.51. The molecule has 1 fully saturated rings. The highest BCUT2D eigenvalue weighted by atomic mass is 16.5. The first-order valence-corrected chi connectivity index (χ1v) is 8.07. The molecule has 118 valence electrons. The highest BCUT2D eigenvalue weighted by Crippen LogP contribution is 2.36. The Morgan fingerprint density at radius 1 is 1.19 bits per heavy atom. The second kappa shape index (κ2) is 7.17. The van der Waals surface area contributed by atoms with E-state index in [4.69, 9.17) is 9.47 Å². The van der Waals surface area contributed by atoms with Crippen LogP contribution in [0.1, 0.15) is 52.0 Å². The molecule has 1 saturated carbocycles. The molecular formula is C18H29NO2. The molecule has 0 unspecified atom stereocenters. The van der Waals surface area contributed by atoms with E-state index < -0.39 is 0 Å². The Morgan fingerprint density at radius 3 is 2.52 bits per heavy atom. The molecule has 2 rings (SSSR count). The van der Waals surface area contributed by atoms with Crippen LogP contribution < -0.4 is 14.8 Å². The van der Waals surface area contributed by atoms with Crippen LogP contribution in [0.15, 0.2) is 18.2 Å². The third-order valence-electron chi connectivity index (χ3n) is 4.28. The van der Waals surface area contributed by atoms with E-state index >= 15 is 0 Å². The molecule has 3 heteroatoms. The standard InChI is InChI=1S/C18H29NO2/c1-14(2)21-16-8-7-15(11-17(16)20-4)12-19-13-18(3)9-5-6-10-18/h7-8,11,14,19H,5-6,9-10,12-13H2,1-4H3. The van der Waals surface area contributed by atoms with E-state index in [0.29, 0.717) is 5.41 Å². The van der Waals surface area contributed by atoms with Crippen LogP contribution in [0.2, 0.25) is 0 Å². The summed E-state index contributed by atoms with van der Waals surface area (Å²) in [6, 6.07) is 6.19. The fourth-order valence-corrected chi connectivity index (χ4v) is 3.09. The molecule has 0 atom stereocenters. The maximum absolute atomic E-state index is 5.75. The molecule has 0 radical (unpaired) electrons. The van der Waals surface area contributed by atoms with Crippen molar-refractivity contribution in [1.29, 1.82) is 0 Å². The van der Waals surface area contributed by atoms with Crippen molar-refractivity contribution in [3.8, 4) is 11.5 Å². The van der Waals surface area contributed by atoms with Gasteiger partial charge in [0.1, 0.15) is 0 Å². The van der Waals surface area contributed by atoms with Gasteiger partial charge in [-0.3, -0.25) is 0 Å². The quantitative estimate of drug-likeness (QED) is 0.818. The molecule has 1 aliphatic rings. The summed E-state index contributed by atoms with van der Waals surface area (Å²) in [6.07, 6.45) is 5.63. The number of rotatable bonds is 7. The van der Waals surface area contributed by atoms with Crippen LogP contribution in [-0.2, 0) is 6.54 Å². The van der Waals surface area contributed by atoms with Crippen LogP contribution in [0.3, 0.4) is 0 Å². The van der Waals surface area contributed by atoms with Crippen LogP contribution in [-0.4, -0.2) is 19.8 Å². The van der Waals surface area contributed by atoms with Gasteiger partial charge in [0.15, 0.2) is 11.5 Å². The Balaban J connectivity index is 1.91. The summed E-state index contributed by atoms with van der Waals surface area (Å²) in [4.78, 5) is 0.